The highest BCUT2D eigenvalue weighted by Crippen LogP contribution is 2.18. The maximum absolute atomic E-state index is 11.5. The van der Waals surface area contributed by atoms with Gasteiger partial charge in [0.1, 0.15) is 5.01 Å². The van der Waals surface area contributed by atoms with Crippen LogP contribution in [-0.2, 0) is 16.1 Å². The van der Waals surface area contributed by atoms with Gasteiger partial charge in [0.05, 0.1) is 25.3 Å². The number of thiazole rings is 1. The molecule has 86 valence electrons. The van der Waals surface area contributed by atoms with Crippen LogP contribution < -0.4 is 5.32 Å². The van der Waals surface area contributed by atoms with E-state index in [-0.39, 0.29) is 24.9 Å². The van der Waals surface area contributed by atoms with E-state index in [2.05, 4.69) is 10.3 Å². The Bertz CT molecular complexity index is 406. The molecule has 2 amide bonds. The van der Waals surface area contributed by atoms with Crippen molar-refractivity contribution in [2.75, 3.05) is 13.1 Å². The van der Waals surface area contributed by atoms with Gasteiger partial charge in [0.2, 0.25) is 11.8 Å². The Morgan fingerprint density at radius 1 is 1.31 bits per heavy atom. The standard InChI is InChI=1S/C10H13N3O2S/c1-6-7(2)16-8(12-6)5-13-9(14)3-11-4-10(13)15/h11H,3-5H2,1-2H3. The van der Waals surface area contributed by atoms with Gasteiger partial charge in [-0.3, -0.25) is 19.8 Å². The average Bonchev–Trinajstić information content (AvgIpc) is 2.53. The highest BCUT2D eigenvalue weighted by molar-refractivity contribution is 7.11. The number of nitrogens with one attached hydrogen (secondary N) is 1. The number of hydrogen-bond donors (Lipinski definition) is 1. The van der Waals surface area contributed by atoms with Gasteiger partial charge in [-0.15, -0.1) is 11.3 Å². The Balaban J connectivity index is 2.13. The number of rotatable bonds is 2. The fraction of sp³-hybridized carbons (Fsp3) is 0.500. The van der Waals surface area contributed by atoms with Crippen LogP contribution in [0.4, 0.5) is 0 Å². The molecular weight excluding hydrogens is 226 g/mol. The van der Waals surface area contributed by atoms with E-state index in [1.54, 1.807) is 0 Å². The quantitative estimate of drug-likeness (QED) is 0.750. The molecule has 0 radical (unpaired) electrons. The summed E-state index contributed by atoms with van der Waals surface area (Å²) < 4.78 is 0. The molecule has 1 saturated heterocycles. The minimum atomic E-state index is -0.179. The third-order valence-electron chi connectivity index (χ3n) is 2.52. The van der Waals surface area contributed by atoms with E-state index in [9.17, 15) is 9.59 Å². The molecule has 6 heteroatoms. The van der Waals surface area contributed by atoms with Crippen LogP contribution in [0.3, 0.4) is 0 Å². The number of imide groups is 1. The molecule has 1 aromatic rings. The van der Waals surface area contributed by atoms with Crippen LogP contribution in [0.2, 0.25) is 0 Å². The smallest absolute Gasteiger partial charge is 0.243 e. The minimum Gasteiger partial charge on any atom is -0.300 e. The summed E-state index contributed by atoms with van der Waals surface area (Å²) in [6, 6.07) is 0. The van der Waals surface area contributed by atoms with Crippen molar-refractivity contribution in [2.45, 2.75) is 20.4 Å². The summed E-state index contributed by atoms with van der Waals surface area (Å²) in [5, 5.41) is 3.58. The van der Waals surface area contributed by atoms with Gasteiger partial charge >= 0.3 is 0 Å². The van der Waals surface area contributed by atoms with E-state index in [0.29, 0.717) is 6.54 Å². The fourth-order valence-electron chi connectivity index (χ4n) is 1.52. The normalized spacial score (nSPS) is 17.0. The molecular formula is C10H13N3O2S. The number of aryl methyl sites for hydroxylation is 2. The summed E-state index contributed by atoms with van der Waals surface area (Å²) >= 11 is 1.53. The maximum atomic E-state index is 11.5. The molecule has 0 atom stereocenters. The molecule has 0 unspecified atom stereocenters. The van der Waals surface area contributed by atoms with E-state index in [1.165, 1.54) is 16.2 Å². The van der Waals surface area contributed by atoms with E-state index in [0.717, 1.165) is 15.6 Å². The third-order valence-corrected chi connectivity index (χ3v) is 3.58. The number of hydrogen-bond acceptors (Lipinski definition) is 5. The number of nitrogens with zero attached hydrogens (tertiary/aromatic N) is 2. The molecule has 1 N–H and O–H groups in total. The third kappa shape index (κ3) is 2.12. The second-order valence-electron chi connectivity index (χ2n) is 3.73. The lowest BCUT2D eigenvalue weighted by Crippen LogP contribution is -2.51. The Morgan fingerprint density at radius 2 is 1.94 bits per heavy atom. The Labute approximate surface area is 97.5 Å². The number of carbonyl (C=O) groups is 2. The lowest BCUT2D eigenvalue weighted by molar-refractivity contribution is -0.147. The van der Waals surface area contributed by atoms with Crippen LogP contribution in [0.5, 0.6) is 0 Å². The molecule has 0 saturated carbocycles. The zero-order valence-electron chi connectivity index (χ0n) is 9.24. The number of carbonyl (C=O) groups excluding carboxylic acids is 2. The van der Waals surface area contributed by atoms with Gasteiger partial charge < -0.3 is 0 Å². The molecule has 1 aromatic heterocycles. The lowest BCUT2D eigenvalue weighted by atomic mass is 10.3. The number of piperazine rings is 1. The van der Waals surface area contributed by atoms with Gasteiger partial charge in [-0.2, -0.15) is 0 Å². The van der Waals surface area contributed by atoms with Crippen molar-refractivity contribution < 1.29 is 9.59 Å². The first-order valence-corrected chi connectivity index (χ1v) is 5.86. The van der Waals surface area contributed by atoms with E-state index < -0.39 is 0 Å². The fourth-order valence-corrected chi connectivity index (χ4v) is 2.45. The van der Waals surface area contributed by atoms with Gasteiger partial charge in [-0.25, -0.2) is 4.98 Å². The Hall–Kier alpha value is -1.27. The van der Waals surface area contributed by atoms with E-state index in [1.807, 2.05) is 13.8 Å². The Kier molecular flexibility index (Phi) is 3.02. The van der Waals surface area contributed by atoms with Crippen molar-refractivity contribution in [3.8, 4) is 0 Å². The van der Waals surface area contributed by atoms with Crippen molar-refractivity contribution >= 4 is 23.2 Å². The Morgan fingerprint density at radius 3 is 2.44 bits per heavy atom. The molecule has 1 fully saturated rings. The zero-order valence-corrected chi connectivity index (χ0v) is 10.1. The van der Waals surface area contributed by atoms with Gasteiger partial charge in [0.25, 0.3) is 0 Å². The van der Waals surface area contributed by atoms with Crippen molar-refractivity contribution in [2.24, 2.45) is 0 Å². The zero-order chi connectivity index (χ0) is 11.7. The summed E-state index contributed by atoms with van der Waals surface area (Å²) in [6.07, 6.45) is 0. The predicted octanol–water partition coefficient (Wildman–Crippen LogP) is 0.218. The number of aromatic nitrogens is 1. The highest BCUT2D eigenvalue weighted by Gasteiger charge is 2.26. The van der Waals surface area contributed by atoms with Crippen LogP contribution in [-0.4, -0.2) is 34.8 Å². The molecule has 5 nitrogen and oxygen atoms in total. The predicted molar refractivity (Wildman–Crippen MR) is 60.0 cm³/mol. The van der Waals surface area contributed by atoms with Crippen molar-refractivity contribution in [1.29, 1.82) is 0 Å². The van der Waals surface area contributed by atoms with Crippen molar-refractivity contribution in [3.05, 3.63) is 15.6 Å². The largest absolute Gasteiger partial charge is 0.300 e. The summed E-state index contributed by atoms with van der Waals surface area (Å²) in [5.74, 6) is -0.358. The topological polar surface area (TPSA) is 62.3 Å². The van der Waals surface area contributed by atoms with Gasteiger partial charge in [-0.1, -0.05) is 0 Å². The summed E-state index contributed by atoms with van der Waals surface area (Å²) in [7, 11) is 0. The molecule has 0 aromatic carbocycles. The van der Waals surface area contributed by atoms with Crippen LogP contribution in [0.25, 0.3) is 0 Å². The molecule has 0 aliphatic carbocycles. The van der Waals surface area contributed by atoms with Crippen molar-refractivity contribution in [3.63, 3.8) is 0 Å². The van der Waals surface area contributed by atoms with Crippen LogP contribution in [0.1, 0.15) is 15.6 Å². The van der Waals surface area contributed by atoms with Gasteiger partial charge in [0, 0.05) is 4.88 Å². The first kappa shape index (κ1) is 11.2. The first-order valence-electron chi connectivity index (χ1n) is 5.04. The molecule has 16 heavy (non-hydrogen) atoms. The van der Waals surface area contributed by atoms with Crippen molar-refractivity contribution in [1.82, 2.24) is 15.2 Å². The minimum absolute atomic E-state index is 0.179. The second kappa shape index (κ2) is 4.31. The summed E-state index contributed by atoms with van der Waals surface area (Å²) in [4.78, 5) is 29.8. The molecule has 2 heterocycles. The van der Waals surface area contributed by atoms with Crippen LogP contribution >= 0.6 is 11.3 Å². The highest BCUT2D eigenvalue weighted by atomic mass is 32.1. The summed E-state index contributed by atoms with van der Waals surface area (Å²) in [5.41, 5.74) is 0.968. The molecule has 1 aliphatic heterocycles. The lowest BCUT2D eigenvalue weighted by Gasteiger charge is -2.24. The number of amides is 2. The monoisotopic (exact) mass is 239 g/mol. The van der Waals surface area contributed by atoms with Gasteiger partial charge in [-0.05, 0) is 13.8 Å². The molecule has 2 rings (SSSR count). The van der Waals surface area contributed by atoms with E-state index >= 15 is 0 Å². The first-order chi connectivity index (χ1) is 7.58. The maximum Gasteiger partial charge on any atom is 0.243 e. The molecule has 1 aliphatic rings. The molecule has 0 bridgehead atoms. The second-order valence-corrected chi connectivity index (χ2v) is 5.01. The van der Waals surface area contributed by atoms with Gasteiger partial charge in [0.15, 0.2) is 0 Å². The molecule has 0 spiro atoms. The van der Waals surface area contributed by atoms with Crippen LogP contribution in [0.15, 0.2) is 0 Å². The summed E-state index contributed by atoms with van der Waals surface area (Å²) in [6.45, 7) is 4.68. The van der Waals surface area contributed by atoms with E-state index in [4.69, 9.17) is 0 Å². The van der Waals surface area contributed by atoms with Crippen LogP contribution in [0, 0.1) is 13.8 Å². The average molecular weight is 239 g/mol. The SMILES string of the molecule is Cc1nc(CN2C(=O)CNCC2=O)sc1C.